The first-order valence-corrected chi connectivity index (χ1v) is 6.51. The lowest BCUT2D eigenvalue weighted by Gasteiger charge is -1.98. The van der Waals surface area contributed by atoms with Gasteiger partial charge in [0.15, 0.2) is 0 Å². The van der Waals surface area contributed by atoms with Crippen LogP contribution in [0.3, 0.4) is 0 Å². The number of nitrogens with zero attached hydrogens (tertiary/aromatic N) is 1. The van der Waals surface area contributed by atoms with Gasteiger partial charge in [-0.1, -0.05) is 22.9 Å². The predicted molar refractivity (Wildman–Crippen MR) is 73.0 cm³/mol. The second-order valence-electron chi connectivity index (χ2n) is 3.94. The molecule has 2 aromatic rings. The summed E-state index contributed by atoms with van der Waals surface area (Å²) in [5, 5.41) is 0. The fraction of sp³-hybridized carbons (Fsp3) is 0.417. The van der Waals surface area contributed by atoms with Gasteiger partial charge in [0.05, 0.1) is 17.8 Å². The third kappa shape index (κ3) is 2.98. The van der Waals surface area contributed by atoms with E-state index in [9.17, 15) is 0 Å². The number of nitrogens with two attached hydrogens (primary N) is 1. The average molecular weight is 298 g/mol. The summed E-state index contributed by atoms with van der Waals surface area (Å²) in [5.74, 6) is 0.918. The van der Waals surface area contributed by atoms with Crippen LogP contribution in [0.25, 0.3) is 11.0 Å². The van der Waals surface area contributed by atoms with Crippen LogP contribution in [-0.2, 0) is 11.2 Å². The Hall–Kier alpha value is -1.07. The summed E-state index contributed by atoms with van der Waals surface area (Å²) in [6.45, 7) is 3.59. The number of fused-ring (bicyclic) bond motifs is 1. The fourth-order valence-electron chi connectivity index (χ4n) is 1.69. The zero-order chi connectivity index (χ0) is 12.3. The molecule has 0 spiro atoms. The largest absolute Gasteiger partial charge is 0.397 e. The minimum Gasteiger partial charge on any atom is -0.397 e. The van der Waals surface area contributed by atoms with E-state index < -0.39 is 0 Å². The monoisotopic (exact) mass is 297 g/mol. The lowest BCUT2D eigenvalue weighted by Crippen LogP contribution is -2.00. The Balaban J connectivity index is 2.12. The molecule has 0 fully saturated rings. The molecule has 0 aliphatic carbocycles. The van der Waals surface area contributed by atoms with Crippen LogP contribution >= 0.6 is 15.9 Å². The maximum absolute atomic E-state index is 5.90. The maximum Gasteiger partial charge on any atom is 0.112 e. The molecule has 3 N–H and O–H groups in total. The number of imidazole rings is 1. The molecule has 0 unspecified atom stereocenters. The normalized spacial score (nSPS) is 11.2. The Bertz CT molecular complexity index is 510. The second-order valence-corrected chi connectivity index (χ2v) is 4.85. The molecule has 0 aliphatic rings. The summed E-state index contributed by atoms with van der Waals surface area (Å²) >= 11 is 3.41. The first kappa shape index (κ1) is 12.4. The minimum atomic E-state index is 0.686. The van der Waals surface area contributed by atoms with Gasteiger partial charge in [-0.3, -0.25) is 0 Å². The van der Waals surface area contributed by atoms with Gasteiger partial charge < -0.3 is 15.5 Å². The van der Waals surface area contributed by atoms with Crippen molar-refractivity contribution < 1.29 is 4.74 Å². The van der Waals surface area contributed by atoms with Crippen LogP contribution in [0.4, 0.5) is 5.69 Å². The van der Waals surface area contributed by atoms with Gasteiger partial charge in [-0.05, 0) is 18.6 Å². The zero-order valence-electron chi connectivity index (χ0n) is 9.79. The maximum atomic E-state index is 5.90. The summed E-state index contributed by atoms with van der Waals surface area (Å²) in [5.41, 5.74) is 8.38. The Morgan fingerprint density at radius 1 is 1.41 bits per heavy atom. The molecule has 92 valence electrons. The molecule has 4 nitrogen and oxygen atoms in total. The molecule has 0 bridgehead atoms. The number of anilines is 1. The number of hydrogen-bond donors (Lipinski definition) is 2. The first-order valence-electron chi connectivity index (χ1n) is 5.72. The van der Waals surface area contributed by atoms with Crippen molar-refractivity contribution in [3.8, 4) is 0 Å². The van der Waals surface area contributed by atoms with Gasteiger partial charge in [0.2, 0.25) is 0 Å². The number of hydrogen-bond acceptors (Lipinski definition) is 3. The number of H-pyrrole nitrogens is 1. The Labute approximate surface area is 109 Å². The molecule has 1 heterocycles. The van der Waals surface area contributed by atoms with Crippen LogP contribution in [0.1, 0.15) is 19.2 Å². The number of nitrogens with one attached hydrogen (secondary N) is 1. The Morgan fingerprint density at radius 3 is 3.00 bits per heavy atom. The van der Waals surface area contributed by atoms with Crippen molar-refractivity contribution in [1.82, 2.24) is 9.97 Å². The number of ether oxygens (including phenoxy) is 1. The summed E-state index contributed by atoms with van der Waals surface area (Å²) in [6.07, 6.45) is 1.83. The van der Waals surface area contributed by atoms with E-state index in [2.05, 4.69) is 32.8 Å². The van der Waals surface area contributed by atoms with E-state index >= 15 is 0 Å². The van der Waals surface area contributed by atoms with E-state index in [1.807, 2.05) is 12.1 Å². The highest BCUT2D eigenvalue weighted by molar-refractivity contribution is 9.10. The van der Waals surface area contributed by atoms with Crippen LogP contribution in [0.15, 0.2) is 16.6 Å². The number of nitrogen functional groups attached to an aromatic ring is 1. The third-order valence-electron chi connectivity index (χ3n) is 2.46. The number of aromatic amines is 1. The molecule has 0 saturated carbocycles. The molecule has 2 rings (SSSR count). The van der Waals surface area contributed by atoms with E-state index in [0.717, 1.165) is 40.8 Å². The van der Waals surface area contributed by atoms with Crippen LogP contribution in [-0.4, -0.2) is 23.2 Å². The molecular weight excluding hydrogens is 282 g/mol. The topological polar surface area (TPSA) is 63.9 Å². The van der Waals surface area contributed by atoms with Crippen molar-refractivity contribution in [2.24, 2.45) is 0 Å². The van der Waals surface area contributed by atoms with Gasteiger partial charge >= 0.3 is 0 Å². The van der Waals surface area contributed by atoms with Crippen LogP contribution < -0.4 is 5.73 Å². The molecule has 5 heteroatoms. The minimum absolute atomic E-state index is 0.686. The smallest absolute Gasteiger partial charge is 0.112 e. The van der Waals surface area contributed by atoms with E-state index in [-0.39, 0.29) is 0 Å². The number of rotatable bonds is 5. The van der Waals surface area contributed by atoms with Gasteiger partial charge in [-0.2, -0.15) is 0 Å². The average Bonchev–Trinajstić information content (AvgIpc) is 2.67. The summed E-state index contributed by atoms with van der Waals surface area (Å²) in [7, 11) is 0. The van der Waals surface area contributed by atoms with E-state index in [4.69, 9.17) is 10.5 Å². The third-order valence-corrected chi connectivity index (χ3v) is 2.92. The van der Waals surface area contributed by atoms with Gasteiger partial charge in [0.1, 0.15) is 11.3 Å². The lowest BCUT2D eigenvalue weighted by molar-refractivity contribution is 0.137. The predicted octanol–water partition coefficient (Wildman–Crippen LogP) is 2.88. The molecular formula is C12H16BrN3O. The highest BCUT2D eigenvalue weighted by atomic mass is 79.9. The molecule has 0 atom stereocenters. The van der Waals surface area contributed by atoms with E-state index in [1.54, 1.807) is 0 Å². The lowest BCUT2D eigenvalue weighted by atomic mass is 10.3. The highest BCUT2D eigenvalue weighted by Gasteiger charge is 2.06. The number of halogens is 1. The number of aromatic nitrogens is 2. The summed E-state index contributed by atoms with van der Waals surface area (Å²) in [6, 6.07) is 3.84. The molecule has 0 saturated heterocycles. The van der Waals surface area contributed by atoms with Crippen LogP contribution in [0, 0.1) is 0 Å². The van der Waals surface area contributed by atoms with Crippen molar-refractivity contribution >= 4 is 32.7 Å². The van der Waals surface area contributed by atoms with E-state index in [0.29, 0.717) is 12.3 Å². The number of benzene rings is 1. The summed E-state index contributed by atoms with van der Waals surface area (Å²) < 4.78 is 6.39. The molecule has 17 heavy (non-hydrogen) atoms. The Kier molecular flexibility index (Phi) is 4.02. The first-order chi connectivity index (χ1) is 8.20. The Morgan fingerprint density at radius 2 is 2.24 bits per heavy atom. The summed E-state index contributed by atoms with van der Waals surface area (Å²) in [4.78, 5) is 7.72. The fourth-order valence-corrected chi connectivity index (χ4v) is 2.17. The molecule has 0 amide bonds. The van der Waals surface area contributed by atoms with Crippen LogP contribution in [0.2, 0.25) is 0 Å². The standard InChI is InChI=1S/C12H16BrN3O/c1-2-4-17-5-3-11-15-10-7-8(13)6-9(14)12(10)16-11/h6-7H,2-5,14H2,1H3,(H,15,16). The second kappa shape index (κ2) is 5.51. The van der Waals surface area contributed by atoms with Crippen molar-refractivity contribution in [3.63, 3.8) is 0 Å². The molecule has 0 radical (unpaired) electrons. The van der Waals surface area contributed by atoms with Crippen LogP contribution in [0.5, 0.6) is 0 Å². The van der Waals surface area contributed by atoms with Gasteiger partial charge in [-0.25, -0.2) is 4.98 Å². The van der Waals surface area contributed by atoms with Gasteiger partial charge in [-0.15, -0.1) is 0 Å². The highest BCUT2D eigenvalue weighted by Crippen LogP contribution is 2.24. The molecule has 1 aromatic heterocycles. The van der Waals surface area contributed by atoms with Crippen molar-refractivity contribution in [1.29, 1.82) is 0 Å². The van der Waals surface area contributed by atoms with Gasteiger partial charge in [0, 0.05) is 17.5 Å². The van der Waals surface area contributed by atoms with Crippen molar-refractivity contribution in [2.75, 3.05) is 18.9 Å². The van der Waals surface area contributed by atoms with Gasteiger partial charge in [0.25, 0.3) is 0 Å². The van der Waals surface area contributed by atoms with Crippen molar-refractivity contribution in [3.05, 3.63) is 22.4 Å². The van der Waals surface area contributed by atoms with Crippen molar-refractivity contribution in [2.45, 2.75) is 19.8 Å². The quantitative estimate of drug-likeness (QED) is 0.659. The van der Waals surface area contributed by atoms with E-state index in [1.165, 1.54) is 0 Å². The molecule has 0 aliphatic heterocycles. The SMILES string of the molecule is CCCOCCc1nc2c(N)cc(Br)cc2[nH]1. The molecule has 1 aromatic carbocycles. The zero-order valence-corrected chi connectivity index (χ0v) is 11.4.